The molecule has 0 N–H and O–H groups in total. The molecule has 138 valence electrons. The minimum Gasteiger partial charge on any atom is -0.493 e. The predicted molar refractivity (Wildman–Crippen MR) is 95.9 cm³/mol. The number of likely N-dealkylation sites (tertiary alicyclic amines) is 1. The van der Waals surface area contributed by atoms with Crippen molar-refractivity contribution in [3.05, 3.63) is 54.0 Å². The Hall–Kier alpha value is -2.63. The smallest absolute Gasteiger partial charge is 0.255 e. The molecular weight excluding hydrogens is 335 g/mol. The van der Waals surface area contributed by atoms with E-state index in [1.807, 2.05) is 4.90 Å². The van der Waals surface area contributed by atoms with E-state index in [2.05, 4.69) is 4.98 Å². The van der Waals surface area contributed by atoms with Gasteiger partial charge >= 0.3 is 0 Å². The maximum Gasteiger partial charge on any atom is 0.255 e. The fourth-order valence-corrected chi connectivity index (χ4v) is 3.14. The first-order valence-corrected chi connectivity index (χ1v) is 8.83. The summed E-state index contributed by atoms with van der Waals surface area (Å²) in [5.74, 6) is 1.29. The van der Waals surface area contributed by atoms with Crippen LogP contribution in [0.15, 0.2) is 42.6 Å². The van der Waals surface area contributed by atoms with Crippen molar-refractivity contribution in [3.8, 4) is 11.6 Å². The molecule has 26 heavy (non-hydrogen) atoms. The van der Waals surface area contributed by atoms with E-state index in [4.69, 9.17) is 9.47 Å². The summed E-state index contributed by atoms with van der Waals surface area (Å²) in [5, 5.41) is 0. The standard InChI is InChI=1S/C20H23FN2O3/c1-25-19-6-5-16(14-22-19)20(24)23-10-7-15(8-11-23)9-12-26-18-4-2-3-17(21)13-18/h2-6,13-15H,7-12H2,1H3. The Morgan fingerprint density at radius 2 is 2.08 bits per heavy atom. The van der Waals surface area contributed by atoms with Crippen LogP contribution in [0.5, 0.6) is 11.6 Å². The number of methoxy groups -OCH3 is 1. The maximum absolute atomic E-state index is 13.1. The number of carbonyl (C=O) groups excluding carboxylic acids is 1. The Bertz CT molecular complexity index is 728. The lowest BCUT2D eigenvalue weighted by Gasteiger charge is -2.32. The zero-order chi connectivity index (χ0) is 18.4. The molecule has 3 rings (SSSR count). The second-order valence-corrected chi connectivity index (χ2v) is 6.42. The molecule has 0 aliphatic carbocycles. The van der Waals surface area contributed by atoms with Gasteiger partial charge in [0.2, 0.25) is 5.88 Å². The van der Waals surface area contributed by atoms with Crippen molar-refractivity contribution in [1.82, 2.24) is 9.88 Å². The average Bonchev–Trinajstić information content (AvgIpc) is 2.68. The summed E-state index contributed by atoms with van der Waals surface area (Å²) < 4.78 is 23.8. The maximum atomic E-state index is 13.1. The molecule has 0 saturated carbocycles. The van der Waals surface area contributed by atoms with Crippen LogP contribution >= 0.6 is 0 Å². The van der Waals surface area contributed by atoms with Crippen molar-refractivity contribution < 1.29 is 18.7 Å². The third-order valence-corrected chi connectivity index (χ3v) is 4.69. The van der Waals surface area contributed by atoms with Crippen LogP contribution in [0.1, 0.15) is 29.6 Å². The first kappa shape index (κ1) is 18.2. The van der Waals surface area contributed by atoms with Gasteiger partial charge in [0.05, 0.1) is 19.3 Å². The highest BCUT2D eigenvalue weighted by Gasteiger charge is 2.23. The zero-order valence-corrected chi connectivity index (χ0v) is 14.9. The quantitative estimate of drug-likeness (QED) is 0.792. The minimum atomic E-state index is -0.289. The Morgan fingerprint density at radius 1 is 1.27 bits per heavy atom. The van der Waals surface area contributed by atoms with Gasteiger partial charge in [-0.15, -0.1) is 0 Å². The predicted octanol–water partition coefficient (Wildman–Crippen LogP) is 3.55. The van der Waals surface area contributed by atoms with E-state index in [0.29, 0.717) is 29.7 Å². The van der Waals surface area contributed by atoms with E-state index in [0.717, 1.165) is 32.4 Å². The highest BCUT2D eigenvalue weighted by molar-refractivity contribution is 5.94. The van der Waals surface area contributed by atoms with Crippen LogP contribution in [0.2, 0.25) is 0 Å². The molecule has 1 aliphatic heterocycles. The third-order valence-electron chi connectivity index (χ3n) is 4.69. The number of nitrogens with zero attached hydrogens (tertiary/aromatic N) is 2. The molecule has 6 heteroatoms. The largest absolute Gasteiger partial charge is 0.493 e. The van der Waals surface area contributed by atoms with Gasteiger partial charge in [-0.3, -0.25) is 4.79 Å². The fraction of sp³-hybridized carbons (Fsp3) is 0.400. The molecule has 2 aromatic rings. The monoisotopic (exact) mass is 358 g/mol. The number of hydrogen-bond donors (Lipinski definition) is 0. The number of rotatable bonds is 6. The minimum absolute atomic E-state index is 0.00890. The molecule has 1 aromatic heterocycles. The third kappa shape index (κ3) is 4.71. The van der Waals surface area contributed by atoms with Gasteiger partial charge in [0.15, 0.2) is 0 Å². The second kappa shape index (κ2) is 8.65. The number of pyridine rings is 1. The average molecular weight is 358 g/mol. The second-order valence-electron chi connectivity index (χ2n) is 6.42. The van der Waals surface area contributed by atoms with Crippen molar-refractivity contribution in [3.63, 3.8) is 0 Å². The molecule has 1 aromatic carbocycles. The van der Waals surface area contributed by atoms with Crippen molar-refractivity contribution in [2.24, 2.45) is 5.92 Å². The summed E-state index contributed by atoms with van der Waals surface area (Å²) in [5.41, 5.74) is 0.582. The summed E-state index contributed by atoms with van der Waals surface area (Å²) in [6.45, 7) is 2.02. The number of aromatic nitrogens is 1. The Balaban J connectivity index is 1.42. The highest BCUT2D eigenvalue weighted by Crippen LogP contribution is 2.23. The number of ether oxygens (including phenoxy) is 2. The van der Waals surface area contributed by atoms with Crippen molar-refractivity contribution in [2.75, 3.05) is 26.8 Å². The molecule has 0 atom stereocenters. The molecular formula is C20H23FN2O3. The Labute approximate surface area is 152 Å². The molecule has 1 aliphatic rings. The van der Waals surface area contributed by atoms with Gasteiger partial charge in [-0.25, -0.2) is 9.37 Å². The first-order chi connectivity index (χ1) is 12.7. The van der Waals surface area contributed by atoms with Gasteiger partial charge in [-0.1, -0.05) is 6.07 Å². The first-order valence-electron chi connectivity index (χ1n) is 8.83. The molecule has 1 amide bonds. The van der Waals surface area contributed by atoms with Crippen LogP contribution < -0.4 is 9.47 Å². The summed E-state index contributed by atoms with van der Waals surface area (Å²) >= 11 is 0. The summed E-state index contributed by atoms with van der Waals surface area (Å²) in [6.07, 6.45) is 4.35. The van der Waals surface area contributed by atoms with Gasteiger partial charge in [0, 0.05) is 31.4 Å². The molecule has 0 radical (unpaired) electrons. The van der Waals surface area contributed by atoms with Crippen LogP contribution in [-0.4, -0.2) is 42.6 Å². The molecule has 5 nitrogen and oxygen atoms in total. The van der Waals surface area contributed by atoms with E-state index in [-0.39, 0.29) is 11.7 Å². The number of carbonyl (C=O) groups is 1. The number of benzene rings is 1. The van der Waals surface area contributed by atoms with E-state index < -0.39 is 0 Å². The Kier molecular flexibility index (Phi) is 6.04. The van der Waals surface area contributed by atoms with Crippen LogP contribution in [-0.2, 0) is 0 Å². The summed E-state index contributed by atoms with van der Waals surface area (Å²) in [6, 6.07) is 9.63. The van der Waals surface area contributed by atoms with E-state index in [9.17, 15) is 9.18 Å². The van der Waals surface area contributed by atoms with Gasteiger partial charge in [-0.2, -0.15) is 0 Å². The molecule has 0 spiro atoms. The molecule has 1 fully saturated rings. The normalized spacial score (nSPS) is 14.9. The van der Waals surface area contributed by atoms with Crippen LogP contribution in [0, 0.1) is 11.7 Å². The van der Waals surface area contributed by atoms with E-state index >= 15 is 0 Å². The van der Waals surface area contributed by atoms with Gasteiger partial charge < -0.3 is 14.4 Å². The highest BCUT2D eigenvalue weighted by atomic mass is 19.1. The summed E-state index contributed by atoms with van der Waals surface area (Å²) in [7, 11) is 1.55. The van der Waals surface area contributed by atoms with Crippen LogP contribution in [0.4, 0.5) is 4.39 Å². The van der Waals surface area contributed by atoms with Gasteiger partial charge in [0.1, 0.15) is 11.6 Å². The molecule has 2 heterocycles. The number of amides is 1. The summed E-state index contributed by atoms with van der Waals surface area (Å²) in [4.78, 5) is 18.5. The lowest BCUT2D eigenvalue weighted by molar-refractivity contribution is 0.0679. The molecule has 1 saturated heterocycles. The lowest BCUT2D eigenvalue weighted by atomic mass is 9.93. The van der Waals surface area contributed by atoms with E-state index in [1.165, 1.54) is 12.1 Å². The van der Waals surface area contributed by atoms with Crippen molar-refractivity contribution in [1.29, 1.82) is 0 Å². The van der Waals surface area contributed by atoms with Crippen molar-refractivity contribution >= 4 is 5.91 Å². The van der Waals surface area contributed by atoms with Crippen LogP contribution in [0.25, 0.3) is 0 Å². The molecule has 0 unspecified atom stereocenters. The van der Waals surface area contributed by atoms with Crippen molar-refractivity contribution in [2.45, 2.75) is 19.3 Å². The lowest BCUT2D eigenvalue weighted by Crippen LogP contribution is -2.38. The SMILES string of the molecule is COc1ccc(C(=O)N2CCC(CCOc3cccc(F)c3)CC2)cn1. The van der Waals surface area contributed by atoms with Gasteiger partial charge in [-0.05, 0) is 43.4 Å². The topological polar surface area (TPSA) is 51.7 Å². The molecule has 0 bridgehead atoms. The number of piperidine rings is 1. The fourth-order valence-electron chi connectivity index (χ4n) is 3.14. The number of hydrogen-bond acceptors (Lipinski definition) is 4. The zero-order valence-electron chi connectivity index (χ0n) is 14.9. The van der Waals surface area contributed by atoms with E-state index in [1.54, 1.807) is 37.6 Å². The Morgan fingerprint density at radius 3 is 2.73 bits per heavy atom. The number of halogens is 1. The van der Waals surface area contributed by atoms with Crippen LogP contribution in [0.3, 0.4) is 0 Å². The van der Waals surface area contributed by atoms with Gasteiger partial charge in [0.25, 0.3) is 5.91 Å².